The highest BCUT2D eigenvalue weighted by Gasteiger charge is 2.38. The Morgan fingerprint density at radius 1 is 1.44 bits per heavy atom. The van der Waals surface area contributed by atoms with Crippen molar-refractivity contribution in [2.45, 2.75) is 37.3 Å². The Morgan fingerprint density at radius 3 is 2.94 bits per heavy atom. The molecule has 0 spiro atoms. The van der Waals surface area contributed by atoms with Crippen molar-refractivity contribution in [2.75, 3.05) is 25.1 Å². The molecule has 1 aromatic heterocycles. The van der Waals surface area contributed by atoms with Gasteiger partial charge in [0.1, 0.15) is 0 Å². The van der Waals surface area contributed by atoms with Gasteiger partial charge in [-0.05, 0) is 19.9 Å². The van der Waals surface area contributed by atoms with Crippen molar-refractivity contribution in [3.8, 4) is 0 Å². The van der Waals surface area contributed by atoms with Crippen molar-refractivity contribution in [3.05, 3.63) is 11.7 Å². The minimum absolute atomic E-state index is 0.270. The van der Waals surface area contributed by atoms with Crippen molar-refractivity contribution in [2.24, 2.45) is 5.73 Å². The highest BCUT2D eigenvalue weighted by molar-refractivity contribution is 7.99. The van der Waals surface area contributed by atoms with E-state index in [4.69, 9.17) is 10.3 Å². The third-order valence-electron chi connectivity index (χ3n) is 4.06. The van der Waals surface area contributed by atoms with Gasteiger partial charge < -0.3 is 10.3 Å². The molecule has 1 saturated carbocycles. The molecule has 1 aliphatic carbocycles. The molecule has 0 radical (unpaired) electrons. The maximum atomic E-state index is 6.34. The van der Waals surface area contributed by atoms with E-state index in [1.165, 1.54) is 5.75 Å². The molecule has 100 valence electrons. The van der Waals surface area contributed by atoms with Gasteiger partial charge in [0, 0.05) is 18.1 Å². The van der Waals surface area contributed by atoms with Gasteiger partial charge in [-0.2, -0.15) is 16.7 Å². The fourth-order valence-electron chi connectivity index (χ4n) is 2.75. The second kappa shape index (κ2) is 4.83. The molecule has 0 aromatic carbocycles. The Kier molecular flexibility index (Phi) is 3.34. The molecule has 3 rings (SSSR count). The standard InChI is InChI=1S/C12H20N4OS/c1-16-6-7-18-8-9(16)10-14-11(17-15-10)12(13)4-2-3-5-12/h9H,2-8,13H2,1H3. The van der Waals surface area contributed by atoms with Crippen LogP contribution in [0.3, 0.4) is 0 Å². The summed E-state index contributed by atoms with van der Waals surface area (Å²) >= 11 is 1.95. The smallest absolute Gasteiger partial charge is 0.246 e. The number of nitrogens with two attached hydrogens (primary N) is 1. The number of hydrogen-bond acceptors (Lipinski definition) is 6. The SMILES string of the molecule is CN1CCSCC1c1noc(C2(N)CCCC2)n1. The lowest BCUT2D eigenvalue weighted by Gasteiger charge is -2.29. The zero-order chi connectivity index (χ0) is 12.6. The fraction of sp³-hybridized carbons (Fsp3) is 0.833. The Bertz CT molecular complexity index is 416. The van der Waals surface area contributed by atoms with E-state index < -0.39 is 0 Å². The molecule has 0 bridgehead atoms. The van der Waals surface area contributed by atoms with Crippen LogP contribution < -0.4 is 5.73 Å². The average molecular weight is 268 g/mol. The normalized spacial score (nSPS) is 28.7. The van der Waals surface area contributed by atoms with E-state index in [-0.39, 0.29) is 11.6 Å². The number of aromatic nitrogens is 2. The third kappa shape index (κ3) is 2.17. The molecule has 1 unspecified atom stereocenters. The molecule has 1 atom stereocenters. The molecular formula is C12H20N4OS. The van der Waals surface area contributed by atoms with Crippen LogP contribution in [0.1, 0.15) is 43.4 Å². The van der Waals surface area contributed by atoms with E-state index in [0.717, 1.165) is 43.8 Å². The Hall–Kier alpha value is -0.590. The van der Waals surface area contributed by atoms with Crippen LogP contribution in [0.2, 0.25) is 0 Å². The largest absolute Gasteiger partial charge is 0.337 e. The number of thioether (sulfide) groups is 1. The van der Waals surface area contributed by atoms with Gasteiger partial charge in [0.15, 0.2) is 5.82 Å². The summed E-state index contributed by atoms with van der Waals surface area (Å²) in [6, 6.07) is 0.270. The number of hydrogen-bond donors (Lipinski definition) is 1. The van der Waals surface area contributed by atoms with Crippen molar-refractivity contribution < 1.29 is 4.52 Å². The van der Waals surface area contributed by atoms with Crippen LogP contribution in [-0.2, 0) is 5.54 Å². The fourth-order valence-corrected chi connectivity index (χ4v) is 3.96. The van der Waals surface area contributed by atoms with Crippen LogP contribution in [0.25, 0.3) is 0 Å². The molecule has 2 fully saturated rings. The van der Waals surface area contributed by atoms with Crippen LogP contribution in [0.15, 0.2) is 4.52 Å². The third-order valence-corrected chi connectivity index (χ3v) is 5.08. The summed E-state index contributed by atoms with van der Waals surface area (Å²) in [7, 11) is 2.12. The summed E-state index contributed by atoms with van der Waals surface area (Å²) in [5.74, 6) is 3.65. The Balaban J connectivity index is 1.80. The van der Waals surface area contributed by atoms with E-state index in [9.17, 15) is 0 Å². The highest BCUT2D eigenvalue weighted by atomic mass is 32.2. The van der Waals surface area contributed by atoms with Gasteiger partial charge in [-0.15, -0.1) is 0 Å². The van der Waals surface area contributed by atoms with Gasteiger partial charge in [0.25, 0.3) is 0 Å². The van der Waals surface area contributed by atoms with Crippen molar-refractivity contribution in [1.82, 2.24) is 15.0 Å². The van der Waals surface area contributed by atoms with Gasteiger partial charge in [-0.1, -0.05) is 18.0 Å². The summed E-state index contributed by atoms with van der Waals surface area (Å²) in [5, 5.41) is 4.16. The predicted octanol–water partition coefficient (Wildman–Crippen LogP) is 1.52. The first-order valence-corrected chi connectivity index (χ1v) is 7.75. The average Bonchev–Trinajstić information content (AvgIpc) is 2.99. The lowest BCUT2D eigenvalue weighted by Crippen LogP contribution is -2.35. The monoisotopic (exact) mass is 268 g/mol. The molecule has 18 heavy (non-hydrogen) atoms. The summed E-state index contributed by atoms with van der Waals surface area (Å²) in [6.45, 7) is 1.08. The lowest BCUT2D eigenvalue weighted by molar-refractivity contribution is 0.251. The lowest BCUT2D eigenvalue weighted by atomic mass is 9.99. The zero-order valence-corrected chi connectivity index (χ0v) is 11.6. The first-order chi connectivity index (χ1) is 8.69. The van der Waals surface area contributed by atoms with Gasteiger partial charge in [0.05, 0.1) is 11.6 Å². The van der Waals surface area contributed by atoms with E-state index in [0.29, 0.717) is 5.89 Å². The van der Waals surface area contributed by atoms with Crippen LogP contribution in [0, 0.1) is 0 Å². The number of nitrogens with zero attached hydrogens (tertiary/aromatic N) is 3. The van der Waals surface area contributed by atoms with Gasteiger partial charge in [-0.25, -0.2) is 0 Å². The molecule has 2 aliphatic rings. The highest BCUT2D eigenvalue weighted by Crippen LogP contribution is 2.36. The molecule has 1 aromatic rings. The summed E-state index contributed by atoms with van der Waals surface area (Å²) in [4.78, 5) is 6.87. The topological polar surface area (TPSA) is 68.2 Å². The second-order valence-corrected chi connectivity index (χ2v) is 6.54. The minimum Gasteiger partial charge on any atom is -0.337 e. The van der Waals surface area contributed by atoms with E-state index in [1.54, 1.807) is 0 Å². The summed E-state index contributed by atoms with van der Waals surface area (Å²) in [5.41, 5.74) is 5.97. The van der Waals surface area contributed by atoms with E-state index in [2.05, 4.69) is 22.1 Å². The molecule has 1 saturated heterocycles. The maximum Gasteiger partial charge on any atom is 0.246 e. The predicted molar refractivity (Wildman–Crippen MR) is 71.3 cm³/mol. The van der Waals surface area contributed by atoms with Crippen LogP contribution in [0.4, 0.5) is 0 Å². The molecule has 2 N–H and O–H groups in total. The second-order valence-electron chi connectivity index (χ2n) is 5.39. The van der Waals surface area contributed by atoms with Gasteiger partial charge >= 0.3 is 0 Å². The van der Waals surface area contributed by atoms with E-state index in [1.807, 2.05) is 11.8 Å². The quantitative estimate of drug-likeness (QED) is 0.877. The zero-order valence-electron chi connectivity index (χ0n) is 10.8. The molecular weight excluding hydrogens is 248 g/mol. The minimum atomic E-state index is -0.369. The first kappa shape index (κ1) is 12.4. The molecule has 0 amide bonds. The van der Waals surface area contributed by atoms with Crippen LogP contribution in [0.5, 0.6) is 0 Å². The van der Waals surface area contributed by atoms with Crippen molar-refractivity contribution in [1.29, 1.82) is 0 Å². The van der Waals surface area contributed by atoms with E-state index >= 15 is 0 Å². The van der Waals surface area contributed by atoms with Crippen LogP contribution in [-0.4, -0.2) is 40.1 Å². The number of rotatable bonds is 2. The molecule has 5 nitrogen and oxygen atoms in total. The summed E-state index contributed by atoms with van der Waals surface area (Å²) < 4.78 is 5.43. The van der Waals surface area contributed by atoms with Gasteiger partial charge in [0.2, 0.25) is 5.89 Å². The van der Waals surface area contributed by atoms with Crippen LogP contribution >= 0.6 is 11.8 Å². The molecule has 1 aliphatic heterocycles. The van der Waals surface area contributed by atoms with Crippen molar-refractivity contribution >= 4 is 11.8 Å². The Morgan fingerprint density at radius 2 is 2.22 bits per heavy atom. The van der Waals surface area contributed by atoms with Gasteiger partial charge in [-0.3, -0.25) is 4.90 Å². The maximum absolute atomic E-state index is 6.34. The van der Waals surface area contributed by atoms with Crippen molar-refractivity contribution in [3.63, 3.8) is 0 Å². The first-order valence-electron chi connectivity index (χ1n) is 6.60. The Labute approximate surface area is 111 Å². The summed E-state index contributed by atoms with van der Waals surface area (Å²) in [6.07, 6.45) is 4.24. The molecule has 6 heteroatoms. The molecule has 2 heterocycles.